The molecule has 2 rings (SSSR count). The maximum Gasteiger partial charge on any atom is 0.324 e. The average Bonchev–Trinajstić information content (AvgIpc) is 2.60. The maximum atomic E-state index is 12.1. The van der Waals surface area contributed by atoms with Crippen LogP contribution in [0.4, 0.5) is 5.69 Å². The minimum absolute atomic E-state index is 0.0281. The first-order chi connectivity index (χ1) is 9.78. The topological polar surface area (TPSA) is 121 Å². The van der Waals surface area contributed by atoms with Crippen LogP contribution in [-0.2, 0) is 19.6 Å². The number of nitrogens with zero attached hydrogens (tertiary/aromatic N) is 1. The van der Waals surface area contributed by atoms with Gasteiger partial charge in [-0.15, -0.1) is 11.6 Å². The number of amides is 2. The van der Waals surface area contributed by atoms with E-state index in [1.807, 2.05) is 0 Å². The number of carbonyl (C=O) groups is 3. The molecule has 1 aromatic rings. The lowest BCUT2D eigenvalue weighted by Crippen LogP contribution is -2.35. The summed E-state index contributed by atoms with van der Waals surface area (Å²) < 4.78 is 24.5. The fraction of sp³-hybridized carbons (Fsp3) is 0.182. The van der Waals surface area contributed by atoms with Crippen LogP contribution in [0.25, 0.3) is 0 Å². The van der Waals surface area contributed by atoms with Gasteiger partial charge < -0.3 is 10.4 Å². The van der Waals surface area contributed by atoms with Crippen molar-refractivity contribution < 1.29 is 27.9 Å². The van der Waals surface area contributed by atoms with Gasteiger partial charge in [-0.2, -0.15) is 0 Å². The lowest BCUT2D eigenvalue weighted by Gasteiger charge is -2.11. The van der Waals surface area contributed by atoms with Crippen molar-refractivity contribution in [3.05, 3.63) is 23.8 Å². The van der Waals surface area contributed by atoms with Gasteiger partial charge in [0.05, 0.1) is 11.3 Å². The predicted molar refractivity (Wildman–Crippen MR) is 71.6 cm³/mol. The molecule has 0 spiro atoms. The lowest BCUT2D eigenvalue weighted by atomic mass is 10.1. The van der Waals surface area contributed by atoms with Crippen LogP contribution in [0.5, 0.6) is 0 Å². The zero-order chi connectivity index (χ0) is 15.8. The molecule has 0 radical (unpaired) electrons. The molecule has 0 saturated carbocycles. The molecule has 1 aliphatic heterocycles. The number of carboxylic acids is 1. The number of aliphatic carboxylic acids is 1. The van der Waals surface area contributed by atoms with E-state index in [1.54, 1.807) is 0 Å². The molecular formula is C11H9ClN2O6S. The molecule has 0 saturated heterocycles. The van der Waals surface area contributed by atoms with Crippen molar-refractivity contribution in [1.29, 1.82) is 0 Å². The first-order valence-corrected chi connectivity index (χ1v) is 7.54. The Labute approximate surface area is 124 Å². The lowest BCUT2D eigenvalue weighted by molar-refractivity contribution is -0.136. The third kappa shape index (κ3) is 2.57. The standard InChI is InChI=1S/C11H9ClN2O6S/c12-4-8(15)13-6-2-1-3-7-10(6)11(18)14(5-9(16)17)21(7,19)20/h1-3H,4-5H2,(H,13,15)(H,16,17). The molecule has 0 atom stereocenters. The highest BCUT2D eigenvalue weighted by Gasteiger charge is 2.43. The summed E-state index contributed by atoms with van der Waals surface area (Å²) in [7, 11) is -4.24. The first kappa shape index (κ1) is 15.3. The van der Waals surface area contributed by atoms with Crippen LogP contribution in [0, 0.1) is 0 Å². The van der Waals surface area contributed by atoms with Crippen molar-refractivity contribution >= 4 is 45.1 Å². The van der Waals surface area contributed by atoms with E-state index in [9.17, 15) is 22.8 Å². The molecule has 0 unspecified atom stereocenters. The minimum atomic E-state index is -4.24. The molecule has 1 aliphatic rings. The van der Waals surface area contributed by atoms with E-state index in [-0.39, 0.29) is 26.3 Å². The van der Waals surface area contributed by atoms with E-state index in [0.29, 0.717) is 0 Å². The van der Waals surface area contributed by atoms with E-state index in [4.69, 9.17) is 16.7 Å². The van der Waals surface area contributed by atoms with Gasteiger partial charge in [-0.05, 0) is 12.1 Å². The van der Waals surface area contributed by atoms with E-state index in [1.165, 1.54) is 18.2 Å². The van der Waals surface area contributed by atoms with E-state index in [0.717, 1.165) is 0 Å². The summed E-state index contributed by atoms with van der Waals surface area (Å²) in [5.41, 5.74) is -0.295. The van der Waals surface area contributed by atoms with Crippen LogP contribution in [0.1, 0.15) is 10.4 Å². The Bertz CT molecular complexity index is 745. The maximum absolute atomic E-state index is 12.1. The molecule has 2 N–H and O–H groups in total. The number of anilines is 1. The second-order valence-corrected chi connectivity index (χ2v) is 6.17. The predicted octanol–water partition coefficient (Wildman–Crippen LogP) is 0.0930. The van der Waals surface area contributed by atoms with E-state index in [2.05, 4.69) is 5.32 Å². The van der Waals surface area contributed by atoms with Crippen LogP contribution in [-0.4, -0.2) is 48.0 Å². The quantitative estimate of drug-likeness (QED) is 0.754. The van der Waals surface area contributed by atoms with Gasteiger partial charge in [0.1, 0.15) is 17.3 Å². The number of hydrogen-bond donors (Lipinski definition) is 2. The van der Waals surface area contributed by atoms with Crippen molar-refractivity contribution in [3.63, 3.8) is 0 Å². The molecule has 1 aromatic carbocycles. The number of carbonyl (C=O) groups excluding carboxylic acids is 2. The number of benzene rings is 1. The Morgan fingerprint density at radius 2 is 2.00 bits per heavy atom. The molecule has 2 amide bonds. The molecule has 10 heteroatoms. The fourth-order valence-electron chi connectivity index (χ4n) is 1.89. The molecule has 112 valence electrons. The van der Waals surface area contributed by atoms with Gasteiger partial charge in [-0.3, -0.25) is 14.4 Å². The third-order valence-electron chi connectivity index (χ3n) is 2.71. The highest BCUT2D eigenvalue weighted by Crippen LogP contribution is 2.34. The van der Waals surface area contributed by atoms with E-state index >= 15 is 0 Å². The molecule has 0 aromatic heterocycles. The van der Waals surface area contributed by atoms with Gasteiger partial charge in [-0.25, -0.2) is 12.7 Å². The highest BCUT2D eigenvalue weighted by molar-refractivity contribution is 7.90. The van der Waals surface area contributed by atoms with Gasteiger partial charge in [-0.1, -0.05) is 6.07 Å². The molecule has 0 fully saturated rings. The highest BCUT2D eigenvalue weighted by atomic mass is 35.5. The Morgan fingerprint density at radius 3 is 2.57 bits per heavy atom. The van der Waals surface area contributed by atoms with Crippen molar-refractivity contribution in [2.75, 3.05) is 17.7 Å². The SMILES string of the molecule is O=C(O)CN1C(=O)c2c(NC(=O)CCl)cccc2S1(=O)=O. The van der Waals surface area contributed by atoms with Crippen molar-refractivity contribution in [1.82, 2.24) is 4.31 Å². The molecule has 1 heterocycles. The van der Waals surface area contributed by atoms with Gasteiger partial charge in [0.25, 0.3) is 15.9 Å². The number of alkyl halides is 1. The summed E-state index contributed by atoms with van der Waals surface area (Å²) in [6.07, 6.45) is 0. The summed E-state index contributed by atoms with van der Waals surface area (Å²) in [5, 5.41) is 11.0. The normalized spacial score (nSPS) is 15.7. The summed E-state index contributed by atoms with van der Waals surface area (Å²) in [6.45, 7) is -0.987. The van der Waals surface area contributed by atoms with Crippen LogP contribution in [0.3, 0.4) is 0 Å². The van der Waals surface area contributed by atoms with Gasteiger partial charge in [0, 0.05) is 0 Å². The Kier molecular flexibility index (Phi) is 3.88. The average molecular weight is 333 g/mol. The first-order valence-electron chi connectivity index (χ1n) is 5.56. The second kappa shape index (κ2) is 5.34. The largest absolute Gasteiger partial charge is 0.480 e. The van der Waals surface area contributed by atoms with E-state index < -0.39 is 34.4 Å². The number of nitrogens with one attached hydrogen (secondary N) is 1. The Balaban J connectivity index is 2.55. The van der Waals surface area contributed by atoms with Gasteiger partial charge in [0.2, 0.25) is 5.91 Å². The number of fused-ring (bicyclic) bond motifs is 1. The van der Waals surface area contributed by atoms with Crippen LogP contribution >= 0.6 is 11.6 Å². The zero-order valence-corrected chi connectivity index (χ0v) is 11.9. The molecular weight excluding hydrogens is 324 g/mol. The minimum Gasteiger partial charge on any atom is -0.480 e. The van der Waals surface area contributed by atoms with Crippen LogP contribution in [0.2, 0.25) is 0 Å². The summed E-state index contributed by atoms with van der Waals surface area (Å²) >= 11 is 5.34. The summed E-state index contributed by atoms with van der Waals surface area (Å²) in [5.74, 6) is -3.46. The summed E-state index contributed by atoms with van der Waals surface area (Å²) in [4.78, 5) is 33.8. The van der Waals surface area contributed by atoms with Gasteiger partial charge in [0.15, 0.2) is 0 Å². The van der Waals surface area contributed by atoms with Gasteiger partial charge >= 0.3 is 5.97 Å². The number of hydrogen-bond acceptors (Lipinski definition) is 5. The van der Waals surface area contributed by atoms with Crippen molar-refractivity contribution in [2.24, 2.45) is 0 Å². The fourth-order valence-corrected chi connectivity index (χ4v) is 3.49. The number of rotatable bonds is 4. The van der Waals surface area contributed by atoms with Crippen molar-refractivity contribution in [3.8, 4) is 0 Å². The Morgan fingerprint density at radius 1 is 1.33 bits per heavy atom. The van der Waals surface area contributed by atoms with Crippen LogP contribution in [0.15, 0.2) is 23.1 Å². The second-order valence-electron chi connectivity index (χ2n) is 4.07. The number of sulfonamides is 1. The van der Waals surface area contributed by atoms with Crippen molar-refractivity contribution in [2.45, 2.75) is 4.90 Å². The number of carboxylic acid groups (broad SMARTS) is 1. The monoisotopic (exact) mass is 332 g/mol. The van der Waals surface area contributed by atoms with Crippen LogP contribution < -0.4 is 5.32 Å². The molecule has 8 nitrogen and oxygen atoms in total. The summed E-state index contributed by atoms with van der Waals surface area (Å²) in [6, 6.07) is 3.83. The third-order valence-corrected chi connectivity index (χ3v) is 4.72. The smallest absolute Gasteiger partial charge is 0.324 e. The number of halogens is 1. The molecule has 21 heavy (non-hydrogen) atoms. The molecule has 0 aliphatic carbocycles. The zero-order valence-electron chi connectivity index (χ0n) is 10.4. The Hall–Kier alpha value is -2.13. The molecule has 0 bridgehead atoms.